The molecule has 1 fully saturated rings. The number of rotatable bonds is 5. The van der Waals surface area contributed by atoms with E-state index in [-0.39, 0.29) is 11.8 Å². The fraction of sp³-hybridized carbons (Fsp3) is 0.409. The number of carbonyl (C=O) groups excluding carboxylic acids is 1. The molecule has 1 aliphatic carbocycles. The summed E-state index contributed by atoms with van der Waals surface area (Å²) >= 11 is 1.77. The van der Waals surface area contributed by atoms with E-state index < -0.39 is 0 Å². The molecule has 2 aliphatic rings. The van der Waals surface area contributed by atoms with Gasteiger partial charge in [-0.05, 0) is 55.0 Å². The van der Waals surface area contributed by atoms with Crippen LogP contribution >= 0.6 is 11.3 Å². The zero-order valence-corrected chi connectivity index (χ0v) is 17.2. The maximum Gasteiger partial charge on any atom is 0.268 e. The van der Waals surface area contributed by atoms with Crippen LogP contribution in [-0.4, -0.2) is 34.6 Å². The molecule has 0 bridgehead atoms. The van der Waals surface area contributed by atoms with E-state index in [9.17, 15) is 4.79 Å². The van der Waals surface area contributed by atoms with Gasteiger partial charge in [0.25, 0.3) is 5.89 Å². The Morgan fingerprint density at radius 1 is 1.24 bits per heavy atom. The van der Waals surface area contributed by atoms with Crippen LogP contribution < -0.4 is 4.74 Å². The molecular formula is C22H23N3O3S. The number of fused-ring (bicyclic) bond motifs is 1. The van der Waals surface area contributed by atoms with Crippen molar-refractivity contribution in [3.8, 4) is 16.5 Å². The van der Waals surface area contributed by atoms with Crippen molar-refractivity contribution in [2.75, 3.05) is 13.7 Å². The normalized spacial score (nSPS) is 18.9. The highest BCUT2D eigenvalue weighted by Gasteiger charge is 2.34. The maximum absolute atomic E-state index is 12.5. The largest absolute Gasteiger partial charge is 0.497 e. The summed E-state index contributed by atoms with van der Waals surface area (Å²) in [4.78, 5) is 21.5. The van der Waals surface area contributed by atoms with Gasteiger partial charge in [-0.25, -0.2) is 0 Å². The first-order chi connectivity index (χ1) is 14.2. The number of carbonyl (C=O) groups is 1. The van der Waals surface area contributed by atoms with Crippen LogP contribution in [0.1, 0.15) is 47.0 Å². The minimum absolute atomic E-state index is 0.0205. The van der Waals surface area contributed by atoms with Crippen LogP contribution in [0.2, 0.25) is 0 Å². The van der Waals surface area contributed by atoms with Crippen molar-refractivity contribution in [1.82, 2.24) is 15.0 Å². The number of amides is 1. The minimum atomic E-state index is -0.0205. The van der Waals surface area contributed by atoms with Gasteiger partial charge in [0.1, 0.15) is 5.75 Å². The summed E-state index contributed by atoms with van der Waals surface area (Å²) in [6.45, 7) is 1.20. The van der Waals surface area contributed by atoms with Crippen LogP contribution in [0.15, 0.2) is 34.9 Å². The van der Waals surface area contributed by atoms with E-state index in [2.05, 4.69) is 16.2 Å². The molecule has 0 spiro atoms. The molecule has 5 rings (SSSR count). The number of benzene rings is 1. The lowest BCUT2D eigenvalue weighted by Crippen LogP contribution is -2.24. The number of aromatic nitrogens is 2. The molecule has 1 saturated heterocycles. The average molecular weight is 410 g/mol. The number of methoxy groups -OCH3 is 1. The fourth-order valence-electron chi connectivity index (χ4n) is 4.15. The highest BCUT2D eigenvalue weighted by molar-refractivity contribution is 7.15. The highest BCUT2D eigenvalue weighted by Crippen LogP contribution is 2.36. The van der Waals surface area contributed by atoms with E-state index in [1.165, 1.54) is 23.3 Å². The quantitative estimate of drug-likeness (QED) is 0.632. The monoisotopic (exact) mass is 409 g/mol. The molecule has 1 aromatic carbocycles. The van der Waals surface area contributed by atoms with Crippen molar-refractivity contribution in [3.63, 3.8) is 0 Å². The summed E-state index contributed by atoms with van der Waals surface area (Å²) < 4.78 is 10.8. The van der Waals surface area contributed by atoms with Gasteiger partial charge in [0, 0.05) is 30.3 Å². The Kier molecular flexibility index (Phi) is 4.83. The number of hydrogen-bond donors (Lipinski definition) is 0. The molecule has 1 atom stereocenters. The standard InChI is InChI=1S/C22H23N3O3S/c1-27-17-8-6-14(7-9-17)12-25-13-16(11-20(25)26)21-23-22(28-24-21)19-10-15-4-2-3-5-18(15)29-19/h6-10,16H,2-5,11-13H2,1H3. The molecule has 3 aromatic rings. The van der Waals surface area contributed by atoms with Crippen LogP contribution in [0, 0.1) is 0 Å². The van der Waals surface area contributed by atoms with E-state index in [0.29, 0.717) is 31.2 Å². The van der Waals surface area contributed by atoms with Crippen molar-refractivity contribution >= 4 is 17.2 Å². The molecule has 150 valence electrons. The second kappa shape index (κ2) is 7.63. The first kappa shape index (κ1) is 18.4. The van der Waals surface area contributed by atoms with E-state index in [1.54, 1.807) is 18.4 Å². The van der Waals surface area contributed by atoms with Gasteiger partial charge in [-0.3, -0.25) is 4.79 Å². The molecule has 29 heavy (non-hydrogen) atoms. The van der Waals surface area contributed by atoms with Gasteiger partial charge >= 0.3 is 0 Å². The van der Waals surface area contributed by atoms with Crippen molar-refractivity contribution < 1.29 is 14.1 Å². The van der Waals surface area contributed by atoms with Gasteiger partial charge in [-0.2, -0.15) is 4.98 Å². The fourth-order valence-corrected chi connectivity index (χ4v) is 5.32. The van der Waals surface area contributed by atoms with Gasteiger partial charge in [-0.1, -0.05) is 17.3 Å². The first-order valence-corrected chi connectivity index (χ1v) is 10.9. The van der Waals surface area contributed by atoms with Crippen LogP contribution in [0.25, 0.3) is 10.8 Å². The molecule has 6 nitrogen and oxygen atoms in total. The molecule has 1 amide bonds. The Balaban J connectivity index is 1.28. The molecule has 1 aliphatic heterocycles. The van der Waals surface area contributed by atoms with Crippen molar-refractivity contribution in [2.45, 2.75) is 44.6 Å². The molecule has 2 aromatic heterocycles. The van der Waals surface area contributed by atoms with E-state index in [1.807, 2.05) is 29.2 Å². The Bertz CT molecular complexity index is 1000. The van der Waals surface area contributed by atoms with Gasteiger partial charge in [0.05, 0.1) is 12.0 Å². The first-order valence-electron chi connectivity index (χ1n) is 10.1. The Morgan fingerprint density at radius 2 is 2.07 bits per heavy atom. The van der Waals surface area contributed by atoms with Crippen LogP contribution in [0.4, 0.5) is 0 Å². The summed E-state index contributed by atoms with van der Waals surface area (Å²) in [6, 6.07) is 10.0. The summed E-state index contributed by atoms with van der Waals surface area (Å²) in [5, 5.41) is 4.20. The topological polar surface area (TPSA) is 68.5 Å². The molecule has 0 radical (unpaired) electrons. The number of aryl methyl sites for hydroxylation is 2. The van der Waals surface area contributed by atoms with E-state index in [4.69, 9.17) is 9.26 Å². The summed E-state index contributed by atoms with van der Waals surface area (Å²) in [5.41, 5.74) is 2.51. The minimum Gasteiger partial charge on any atom is -0.497 e. The van der Waals surface area contributed by atoms with E-state index in [0.717, 1.165) is 29.0 Å². The number of ether oxygens (including phenoxy) is 1. The lowest BCUT2D eigenvalue weighted by atomic mass is 9.99. The predicted molar refractivity (Wildman–Crippen MR) is 110 cm³/mol. The molecule has 1 unspecified atom stereocenters. The van der Waals surface area contributed by atoms with Crippen molar-refractivity contribution in [3.05, 3.63) is 52.2 Å². The second-order valence-corrected chi connectivity index (χ2v) is 8.88. The number of nitrogens with zero attached hydrogens (tertiary/aromatic N) is 3. The second-order valence-electron chi connectivity index (χ2n) is 7.75. The number of likely N-dealkylation sites (tertiary alicyclic amines) is 1. The molecule has 7 heteroatoms. The van der Waals surface area contributed by atoms with Gasteiger partial charge in [-0.15, -0.1) is 11.3 Å². The van der Waals surface area contributed by atoms with Gasteiger partial charge in [0.2, 0.25) is 5.91 Å². The average Bonchev–Trinajstić information content (AvgIpc) is 3.46. The SMILES string of the molecule is COc1ccc(CN2CC(c3noc(-c4cc5c(s4)CCCC5)n3)CC2=O)cc1. The Labute approximate surface area is 173 Å². The smallest absolute Gasteiger partial charge is 0.268 e. The van der Waals surface area contributed by atoms with Crippen LogP contribution in [-0.2, 0) is 24.2 Å². The third-order valence-electron chi connectivity index (χ3n) is 5.76. The summed E-state index contributed by atoms with van der Waals surface area (Å²) in [6.07, 6.45) is 5.24. The highest BCUT2D eigenvalue weighted by atomic mass is 32.1. The van der Waals surface area contributed by atoms with Crippen LogP contribution in [0.3, 0.4) is 0 Å². The van der Waals surface area contributed by atoms with Crippen LogP contribution in [0.5, 0.6) is 5.75 Å². The molecular weight excluding hydrogens is 386 g/mol. The molecule has 0 saturated carbocycles. The summed E-state index contributed by atoms with van der Waals surface area (Å²) in [7, 11) is 1.65. The number of thiophene rings is 1. The maximum atomic E-state index is 12.5. The van der Waals surface area contributed by atoms with Crippen molar-refractivity contribution in [1.29, 1.82) is 0 Å². The molecule has 3 heterocycles. The zero-order chi connectivity index (χ0) is 19.8. The van der Waals surface area contributed by atoms with Crippen molar-refractivity contribution in [2.24, 2.45) is 0 Å². The summed E-state index contributed by atoms with van der Waals surface area (Å²) in [5.74, 6) is 2.14. The Morgan fingerprint density at radius 3 is 2.86 bits per heavy atom. The molecule has 0 N–H and O–H groups in total. The zero-order valence-electron chi connectivity index (χ0n) is 16.4. The third kappa shape index (κ3) is 3.67. The van der Waals surface area contributed by atoms with Gasteiger partial charge in [0.15, 0.2) is 5.82 Å². The Hall–Kier alpha value is -2.67. The third-order valence-corrected chi connectivity index (χ3v) is 6.99. The number of hydrogen-bond acceptors (Lipinski definition) is 6. The van der Waals surface area contributed by atoms with E-state index >= 15 is 0 Å². The lowest BCUT2D eigenvalue weighted by Gasteiger charge is -2.16. The van der Waals surface area contributed by atoms with Gasteiger partial charge < -0.3 is 14.2 Å². The lowest BCUT2D eigenvalue weighted by molar-refractivity contribution is -0.128. The predicted octanol–water partition coefficient (Wildman–Crippen LogP) is 4.20.